The maximum Gasteiger partial charge on any atom is 0.233 e. The number of likely N-dealkylation sites (tertiary alicyclic amines) is 1. The number of piperidine rings is 1. The normalized spacial score (nSPS) is 21.5. The molecule has 2 aliphatic heterocycles. The van der Waals surface area contributed by atoms with Crippen molar-refractivity contribution in [1.82, 2.24) is 24.6 Å². The molecular weight excluding hydrogens is 385 g/mol. The smallest absolute Gasteiger partial charge is 0.233 e. The zero-order chi connectivity index (χ0) is 20.5. The maximum atomic E-state index is 14.3. The number of benzene rings is 1. The van der Waals surface area contributed by atoms with Crippen LogP contribution in [0.4, 0.5) is 4.39 Å². The standard InChI is InChI=1S/C22H28FN5O2/c1-2-28-17-8-5-6-16(23)20(17)24-19(28)14-27-11-4-3-7-18(27)22-26-25-21(30-22)15-9-12-29-13-10-15/h5-6,8,15,18H,2-4,7,9-14H2,1H3/t18-/m1/s1. The van der Waals surface area contributed by atoms with Gasteiger partial charge < -0.3 is 13.7 Å². The van der Waals surface area contributed by atoms with Crippen LogP contribution in [0.3, 0.4) is 0 Å². The van der Waals surface area contributed by atoms with Crippen molar-refractivity contribution < 1.29 is 13.5 Å². The molecule has 2 saturated heterocycles. The van der Waals surface area contributed by atoms with Crippen molar-refractivity contribution >= 4 is 11.0 Å². The summed E-state index contributed by atoms with van der Waals surface area (Å²) in [4.78, 5) is 7.01. The van der Waals surface area contributed by atoms with Crippen LogP contribution in [0.2, 0.25) is 0 Å². The van der Waals surface area contributed by atoms with Gasteiger partial charge in [-0.1, -0.05) is 12.5 Å². The third kappa shape index (κ3) is 3.63. The first-order chi connectivity index (χ1) is 14.7. The highest BCUT2D eigenvalue weighted by Gasteiger charge is 2.31. The average Bonchev–Trinajstić information content (AvgIpc) is 3.40. The molecule has 8 heteroatoms. The molecule has 2 aliphatic rings. The molecule has 0 unspecified atom stereocenters. The summed E-state index contributed by atoms with van der Waals surface area (Å²) in [6, 6.07) is 5.23. The fourth-order valence-corrected chi connectivity index (χ4v) is 4.77. The number of hydrogen-bond acceptors (Lipinski definition) is 6. The minimum absolute atomic E-state index is 0.0785. The Hall–Kier alpha value is -2.32. The van der Waals surface area contributed by atoms with Crippen LogP contribution in [0.15, 0.2) is 22.6 Å². The van der Waals surface area contributed by atoms with Crippen LogP contribution in [0, 0.1) is 5.82 Å². The van der Waals surface area contributed by atoms with E-state index in [4.69, 9.17) is 9.15 Å². The largest absolute Gasteiger partial charge is 0.423 e. The van der Waals surface area contributed by atoms with Crippen LogP contribution in [-0.4, -0.2) is 44.4 Å². The summed E-state index contributed by atoms with van der Waals surface area (Å²) < 4.78 is 28.0. The Kier molecular flexibility index (Phi) is 5.52. The highest BCUT2D eigenvalue weighted by Crippen LogP contribution is 2.34. The minimum Gasteiger partial charge on any atom is -0.423 e. The van der Waals surface area contributed by atoms with E-state index in [0.717, 1.165) is 75.6 Å². The lowest BCUT2D eigenvalue weighted by Crippen LogP contribution is -2.34. The number of nitrogens with zero attached hydrogens (tertiary/aromatic N) is 5. The van der Waals surface area contributed by atoms with Gasteiger partial charge in [0.1, 0.15) is 11.3 Å². The monoisotopic (exact) mass is 413 g/mol. The van der Waals surface area contributed by atoms with Crippen molar-refractivity contribution in [2.45, 2.75) is 64.1 Å². The highest BCUT2D eigenvalue weighted by molar-refractivity contribution is 5.76. The van der Waals surface area contributed by atoms with E-state index in [9.17, 15) is 4.39 Å². The molecule has 2 aromatic heterocycles. The summed E-state index contributed by atoms with van der Waals surface area (Å²) in [5, 5.41) is 8.79. The third-order valence-electron chi connectivity index (χ3n) is 6.39. The van der Waals surface area contributed by atoms with Gasteiger partial charge in [-0.15, -0.1) is 10.2 Å². The molecule has 0 bridgehead atoms. The second-order valence-electron chi connectivity index (χ2n) is 8.23. The predicted molar refractivity (Wildman–Crippen MR) is 109 cm³/mol. The lowest BCUT2D eigenvalue weighted by Gasteiger charge is -2.33. The first-order valence-electron chi connectivity index (χ1n) is 11.0. The van der Waals surface area contributed by atoms with E-state index in [-0.39, 0.29) is 11.9 Å². The first-order valence-corrected chi connectivity index (χ1v) is 11.0. The molecule has 0 radical (unpaired) electrons. The SMILES string of the molecule is CCn1c(CN2CCCC[C@@H]2c2nnc(C3CCOCC3)o2)nc2c(F)cccc21. The summed E-state index contributed by atoms with van der Waals surface area (Å²) in [7, 11) is 0. The van der Waals surface area contributed by atoms with Crippen molar-refractivity contribution in [1.29, 1.82) is 0 Å². The van der Waals surface area contributed by atoms with Gasteiger partial charge in [0.2, 0.25) is 11.8 Å². The topological polar surface area (TPSA) is 69.2 Å². The zero-order valence-corrected chi connectivity index (χ0v) is 17.4. The van der Waals surface area contributed by atoms with Gasteiger partial charge >= 0.3 is 0 Å². The fourth-order valence-electron chi connectivity index (χ4n) is 4.77. The summed E-state index contributed by atoms with van der Waals surface area (Å²) >= 11 is 0. The van der Waals surface area contributed by atoms with Crippen LogP contribution in [0.25, 0.3) is 11.0 Å². The third-order valence-corrected chi connectivity index (χ3v) is 6.39. The van der Waals surface area contributed by atoms with Gasteiger partial charge in [0, 0.05) is 25.7 Å². The van der Waals surface area contributed by atoms with Gasteiger partial charge in [-0.3, -0.25) is 4.90 Å². The van der Waals surface area contributed by atoms with Crippen LogP contribution < -0.4 is 0 Å². The zero-order valence-electron chi connectivity index (χ0n) is 17.4. The van der Waals surface area contributed by atoms with E-state index in [0.29, 0.717) is 23.9 Å². The molecule has 30 heavy (non-hydrogen) atoms. The van der Waals surface area contributed by atoms with Crippen LogP contribution in [0.1, 0.15) is 68.6 Å². The lowest BCUT2D eigenvalue weighted by molar-refractivity contribution is 0.0765. The minimum atomic E-state index is -0.269. The van der Waals surface area contributed by atoms with Gasteiger partial charge in [-0.2, -0.15) is 0 Å². The maximum absolute atomic E-state index is 14.3. The molecule has 0 N–H and O–H groups in total. The number of hydrogen-bond donors (Lipinski definition) is 0. The van der Waals surface area contributed by atoms with E-state index in [1.807, 2.05) is 6.07 Å². The number of para-hydroxylation sites is 1. The van der Waals surface area contributed by atoms with Gasteiger partial charge in [0.15, 0.2) is 5.82 Å². The number of aryl methyl sites for hydroxylation is 1. The molecule has 0 aliphatic carbocycles. The van der Waals surface area contributed by atoms with E-state index >= 15 is 0 Å². The molecule has 160 valence electrons. The Morgan fingerprint density at radius 3 is 2.77 bits per heavy atom. The van der Waals surface area contributed by atoms with Crippen molar-refractivity contribution in [2.75, 3.05) is 19.8 Å². The molecule has 0 saturated carbocycles. The molecular formula is C22H28FN5O2. The molecule has 0 spiro atoms. The highest BCUT2D eigenvalue weighted by atomic mass is 19.1. The number of rotatable bonds is 5. The Bertz CT molecular complexity index is 1010. The molecule has 1 aromatic carbocycles. The quantitative estimate of drug-likeness (QED) is 0.624. The summed E-state index contributed by atoms with van der Waals surface area (Å²) in [5.74, 6) is 2.34. The summed E-state index contributed by atoms with van der Waals surface area (Å²) in [5.41, 5.74) is 1.29. The fraction of sp³-hybridized carbons (Fsp3) is 0.591. The molecule has 0 amide bonds. The Labute approximate surface area is 175 Å². The molecule has 3 aromatic rings. The number of aromatic nitrogens is 4. The van der Waals surface area contributed by atoms with Crippen molar-refractivity contribution in [3.05, 3.63) is 41.6 Å². The molecule has 1 atom stereocenters. The predicted octanol–water partition coefficient (Wildman–Crippen LogP) is 4.20. The first kappa shape index (κ1) is 19.6. The molecule has 5 rings (SSSR count). The lowest BCUT2D eigenvalue weighted by atomic mass is 10.0. The van der Waals surface area contributed by atoms with Gasteiger partial charge in [0.25, 0.3) is 0 Å². The summed E-state index contributed by atoms with van der Waals surface area (Å²) in [6.07, 6.45) is 5.10. The number of fused-ring (bicyclic) bond motifs is 1. The molecule has 7 nitrogen and oxygen atoms in total. The van der Waals surface area contributed by atoms with E-state index in [1.54, 1.807) is 6.07 Å². The van der Waals surface area contributed by atoms with Gasteiger partial charge in [-0.25, -0.2) is 9.37 Å². The van der Waals surface area contributed by atoms with E-state index < -0.39 is 0 Å². The van der Waals surface area contributed by atoms with Crippen molar-refractivity contribution in [2.24, 2.45) is 0 Å². The van der Waals surface area contributed by atoms with Gasteiger partial charge in [-0.05, 0) is 51.3 Å². The van der Waals surface area contributed by atoms with Gasteiger partial charge in [0.05, 0.1) is 18.1 Å². The number of halogens is 1. The van der Waals surface area contributed by atoms with Crippen LogP contribution in [-0.2, 0) is 17.8 Å². The van der Waals surface area contributed by atoms with Crippen molar-refractivity contribution in [3.8, 4) is 0 Å². The van der Waals surface area contributed by atoms with Crippen molar-refractivity contribution in [3.63, 3.8) is 0 Å². The van der Waals surface area contributed by atoms with Crippen LogP contribution >= 0.6 is 0 Å². The Morgan fingerprint density at radius 2 is 1.93 bits per heavy atom. The second kappa shape index (κ2) is 8.43. The average molecular weight is 413 g/mol. The second-order valence-corrected chi connectivity index (χ2v) is 8.23. The summed E-state index contributed by atoms with van der Waals surface area (Å²) in [6.45, 7) is 5.91. The van der Waals surface area contributed by atoms with Crippen LogP contribution in [0.5, 0.6) is 0 Å². The Morgan fingerprint density at radius 1 is 1.10 bits per heavy atom. The number of imidazole rings is 1. The Balaban J connectivity index is 1.40. The molecule has 4 heterocycles. The van der Waals surface area contributed by atoms with E-state index in [1.165, 1.54) is 6.07 Å². The van der Waals surface area contributed by atoms with E-state index in [2.05, 4.69) is 31.6 Å². The molecule has 2 fully saturated rings. The number of ether oxygens (including phenoxy) is 1.